The molecule has 92 valence electrons. The number of rotatable bonds is 1. The zero-order valence-corrected chi connectivity index (χ0v) is 11.1. The lowest BCUT2D eigenvalue weighted by atomic mass is 10.2. The lowest BCUT2D eigenvalue weighted by Crippen LogP contribution is -2.14. The molecule has 4 heteroatoms. The van der Waals surface area contributed by atoms with Gasteiger partial charge in [-0.15, -0.1) is 11.8 Å². The summed E-state index contributed by atoms with van der Waals surface area (Å²) in [5.74, 6) is 0. The van der Waals surface area contributed by atoms with Crippen LogP contribution in [0.1, 0.15) is 0 Å². The fourth-order valence-electron chi connectivity index (χ4n) is 2.70. The van der Waals surface area contributed by atoms with Gasteiger partial charge in [0.15, 0.2) is 0 Å². The number of benzene rings is 1. The molecule has 0 bridgehead atoms. The zero-order valence-electron chi connectivity index (χ0n) is 10.3. The Kier molecular flexibility index (Phi) is 2.11. The van der Waals surface area contributed by atoms with Crippen molar-refractivity contribution in [2.45, 2.75) is 4.90 Å². The van der Waals surface area contributed by atoms with Gasteiger partial charge in [-0.3, -0.25) is 14.2 Å². The van der Waals surface area contributed by atoms with Gasteiger partial charge in [-0.2, -0.15) is 0 Å². The van der Waals surface area contributed by atoms with Gasteiger partial charge >= 0.3 is 0 Å². The largest absolute Gasteiger partial charge is 0.273 e. The Hall–Kier alpha value is -2.07. The van der Waals surface area contributed by atoms with Crippen LogP contribution >= 0.6 is 11.8 Å². The molecule has 1 aromatic carbocycles. The highest BCUT2D eigenvalue weighted by molar-refractivity contribution is 7.98. The topological polar surface area (TPSA) is 34.4 Å². The molecule has 0 fully saturated rings. The molecule has 3 aromatic heterocycles. The first kappa shape index (κ1) is 10.8. The minimum absolute atomic E-state index is 0.0409. The molecule has 0 unspecified atom stereocenters. The number of pyridine rings is 2. The molecule has 0 amide bonds. The maximum absolute atomic E-state index is 12.6. The lowest BCUT2D eigenvalue weighted by molar-refractivity contribution is 1.10. The average Bonchev–Trinajstić information content (AvgIpc) is 2.79. The molecule has 3 heterocycles. The van der Waals surface area contributed by atoms with E-state index in [4.69, 9.17) is 0 Å². The lowest BCUT2D eigenvalue weighted by Gasteiger charge is -2.02. The highest BCUT2D eigenvalue weighted by Crippen LogP contribution is 2.30. The van der Waals surface area contributed by atoms with Crippen LogP contribution in [0.5, 0.6) is 0 Å². The molecule has 3 nitrogen and oxygen atoms in total. The maximum Gasteiger partial charge on any atom is 0.269 e. The molecule has 0 aliphatic carbocycles. The van der Waals surface area contributed by atoms with Crippen LogP contribution < -0.4 is 5.56 Å². The smallest absolute Gasteiger partial charge is 0.269 e. The summed E-state index contributed by atoms with van der Waals surface area (Å²) in [6, 6.07) is 11.9. The molecule has 0 saturated heterocycles. The van der Waals surface area contributed by atoms with Crippen molar-refractivity contribution < 1.29 is 0 Å². The van der Waals surface area contributed by atoms with Crippen molar-refractivity contribution in [3.63, 3.8) is 0 Å². The van der Waals surface area contributed by atoms with E-state index in [0.717, 1.165) is 32.2 Å². The van der Waals surface area contributed by atoms with Crippen LogP contribution in [0.15, 0.2) is 52.3 Å². The first-order chi connectivity index (χ1) is 9.31. The molecular formula is C15H10N2OS. The van der Waals surface area contributed by atoms with Crippen LogP contribution in [-0.2, 0) is 0 Å². The summed E-state index contributed by atoms with van der Waals surface area (Å²) >= 11 is 1.46. The van der Waals surface area contributed by atoms with Gasteiger partial charge in [-0.25, -0.2) is 0 Å². The number of nitrogens with zero attached hydrogens (tertiary/aromatic N) is 2. The second-order valence-corrected chi connectivity index (χ2v) is 5.31. The summed E-state index contributed by atoms with van der Waals surface area (Å²) in [6.07, 6.45) is 3.72. The molecule has 0 saturated carbocycles. The van der Waals surface area contributed by atoms with Crippen LogP contribution in [0.4, 0.5) is 0 Å². The highest BCUT2D eigenvalue weighted by Gasteiger charge is 2.15. The third-order valence-electron chi connectivity index (χ3n) is 3.51. The van der Waals surface area contributed by atoms with Crippen LogP contribution in [0.3, 0.4) is 0 Å². The van der Waals surface area contributed by atoms with Crippen molar-refractivity contribution in [2.75, 3.05) is 6.26 Å². The number of aromatic nitrogens is 2. The third-order valence-corrected chi connectivity index (χ3v) is 4.25. The van der Waals surface area contributed by atoms with Gasteiger partial charge in [0, 0.05) is 17.0 Å². The Morgan fingerprint density at radius 3 is 2.84 bits per heavy atom. The first-order valence-electron chi connectivity index (χ1n) is 6.00. The Morgan fingerprint density at radius 1 is 1.16 bits per heavy atom. The van der Waals surface area contributed by atoms with Crippen LogP contribution in [0, 0.1) is 0 Å². The van der Waals surface area contributed by atoms with E-state index in [-0.39, 0.29) is 5.56 Å². The predicted octanol–water partition coefficient (Wildman–Crippen LogP) is 3.16. The quantitative estimate of drug-likeness (QED) is 0.496. The Balaban J connectivity index is 2.47. The Morgan fingerprint density at radius 2 is 2.00 bits per heavy atom. The van der Waals surface area contributed by atoms with Gasteiger partial charge in [0.05, 0.1) is 21.4 Å². The third kappa shape index (κ3) is 1.29. The van der Waals surface area contributed by atoms with Gasteiger partial charge in [0.25, 0.3) is 5.56 Å². The molecule has 0 radical (unpaired) electrons. The highest BCUT2D eigenvalue weighted by atomic mass is 32.2. The van der Waals surface area contributed by atoms with Crippen molar-refractivity contribution >= 4 is 39.1 Å². The van der Waals surface area contributed by atoms with Gasteiger partial charge < -0.3 is 0 Å². The SMILES string of the molecule is CSc1cc2nccc3c4ccccc4n(c1=O)c23. The van der Waals surface area contributed by atoms with E-state index in [9.17, 15) is 4.79 Å². The Bertz CT molecular complexity index is 974. The minimum atomic E-state index is 0.0409. The molecule has 0 aliphatic rings. The Labute approximate surface area is 113 Å². The second kappa shape index (κ2) is 3.71. The predicted molar refractivity (Wildman–Crippen MR) is 79.4 cm³/mol. The second-order valence-electron chi connectivity index (χ2n) is 4.46. The van der Waals surface area contributed by atoms with Crippen LogP contribution in [-0.4, -0.2) is 15.6 Å². The summed E-state index contributed by atoms with van der Waals surface area (Å²) in [5, 5.41) is 2.19. The maximum atomic E-state index is 12.6. The molecular weight excluding hydrogens is 256 g/mol. The summed E-state index contributed by atoms with van der Waals surface area (Å²) in [6.45, 7) is 0. The zero-order chi connectivity index (χ0) is 13.0. The van der Waals surface area contributed by atoms with Gasteiger partial charge in [-0.05, 0) is 24.5 Å². The number of thioether (sulfide) groups is 1. The van der Waals surface area contributed by atoms with E-state index < -0.39 is 0 Å². The summed E-state index contributed by atoms with van der Waals surface area (Å²) in [4.78, 5) is 17.7. The van der Waals surface area contributed by atoms with E-state index in [2.05, 4.69) is 11.1 Å². The molecule has 0 spiro atoms. The molecule has 0 N–H and O–H groups in total. The minimum Gasteiger partial charge on any atom is -0.273 e. The van der Waals surface area contributed by atoms with Crippen molar-refractivity contribution in [2.24, 2.45) is 0 Å². The normalized spacial score (nSPS) is 11.8. The molecule has 4 aromatic rings. The van der Waals surface area contributed by atoms with Gasteiger partial charge in [0.1, 0.15) is 0 Å². The van der Waals surface area contributed by atoms with Crippen molar-refractivity contribution in [3.05, 3.63) is 52.9 Å². The standard InChI is InChI=1S/C15H10N2OS/c1-19-13-8-11-14-10(6-7-16-11)9-4-2-3-5-12(9)17(14)15(13)18/h2-8H,1H3. The van der Waals surface area contributed by atoms with E-state index in [1.54, 1.807) is 10.6 Å². The van der Waals surface area contributed by atoms with Crippen molar-refractivity contribution in [1.29, 1.82) is 0 Å². The monoisotopic (exact) mass is 266 g/mol. The molecule has 19 heavy (non-hydrogen) atoms. The fourth-order valence-corrected chi connectivity index (χ4v) is 3.19. The summed E-state index contributed by atoms with van der Waals surface area (Å²) in [5.41, 5.74) is 2.79. The number of fused-ring (bicyclic) bond motifs is 3. The number of para-hydroxylation sites is 1. The van der Waals surface area contributed by atoms with E-state index in [0.29, 0.717) is 0 Å². The summed E-state index contributed by atoms with van der Waals surface area (Å²) in [7, 11) is 0. The van der Waals surface area contributed by atoms with E-state index >= 15 is 0 Å². The molecule has 0 atom stereocenters. The van der Waals surface area contributed by atoms with Crippen LogP contribution in [0.2, 0.25) is 0 Å². The van der Waals surface area contributed by atoms with Crippen molar-refractivity contribution in [1.82, 2.24) is 9.38 Å². The van der Waals surface area contributed by atoms with E-state index in [1.165, 1.54) is 11.8 Å². The average molecular weight is 266 g/mol. The van der Waals surface area contributed by atoms with Crippen LogP contribution in [0.25, 0.3) is 27.3 Å². The number of hydrogen-bond acceptors (Lipinski definition) is 3. The number of hydrogen-bond donors (Lipinski definition) is 0. The summed E-state index contributed by atoms with van der Waals surface area (Å²) < 4.78 is 1.79. The van der Waals surface area contributed by atoms with Gasteiger partial charge in [-0.1, -0.05) is 18.2 Å². The first-order valence-corrected chi connectivity index (χ1v) is 7.22. The van der Waals surface area contributed by atoms with Crippen molar-refractivity contribution in [3.8, 4) is 0 Å². The van der Waals surface area contributed by atoms with E-state index in [1.807, 2.05) is 36.6 Å². The molecule has 0 aliphatic heterocycles. The van der Waals surface area contributed by atoms with Gasteiger partial charge in [0.2, 0.25) is 0 Å². The molecule has 4 rings (SSSR count). The fraction of sp³-hybridized carbons (Fsp3) is 0.0667.